The highest BCUT2D eigenvalue weighted by molar-refractivity contribution is 5.79. The van der Waals surface area contributed by atoms with Crippen LogP contribution in [0.25, 0.3) is 5.82 Å². The highest BCUT2D eigenvalue weighted by Gasteiger charge is 2.19. The summed E-state index contributed by atoms with van der Waals surface area (Å²) in [5.74, 6) is 2.68. The quantitative estimate of drug-likeness (QED) is 0.603. The van der Waals surface area contributed by atoms with Gasteiger partial charge in [-0.3, -0.25) is 9.56 Å². The van der Waals surface area contributed by atoms with Crippen molar-refractivity contribution in [3.8, 4) is 5.82 Å². The maximum Gasteiger partial charge on any atom is 0.191 e. The summed E-state index contributed by atoms with van der Waals surface area (Å²) in [7, 11) is 1.82. The molecule has 7 heteroatoms. The first kappa shape index (κ1) is 19.4. The van der Waals surface area contributed by atoms with Crippen LogP contribution in [0.4, 0.5) is 0 Å². The first-order valence-electron chi connectivity index (χ1n) is 9.84. The predicted molar refractivity (Wildman–Crippen MR) is 109 cm³/mol. The van der Waals surface area contributed by atoms with Crippen LogP contribution in [0.15, 0.2) is 35.7 Å². The molecular formula is C20H31N7. The van der Waals surface area contributed by atoms with E-state index < -0.39 is 0 Å². The largest absolute Gasteiger partial charge is 0.354 e. The molecular weight excluding hydrogens is 338 g/mol. The Morgan fingerprint density at radius 2 is 2.07 bits per heavy atom. The predicted octanol–water partition coefficient (Wildman–Crippen LogP) is 2.12. The van der Waals surface area contributed by atoms with Crippen LogP contribution in [0.2, 0.25) is 0 Å². The normalized spacial score (nSPS) is 16.5. The lowest BCUT2D eigenvalue weighted by atomic mass is 10.1. The smallest absolute Gasteiger partial charge is 0.191 e. The number of hydrogen-bond acceptors (Lipinski definition) is 4. The van der Waals surface area contributed by atoms with E-state index in [-0.39, 0.29) is 0 Å². The molecule has 0 spiro atoms. The summed E-state index contributed by atoms with van der Waals surface area (Å²) in [5, 5.41) is 6.96. The van der Waals surface area contributed by atoms with Crippen LogP contribution in [0, 0.1) is 6.92 Å². The fourth-order valence-electron chi connectivity index (χ4n) is 3.47. The molecule has 2 N–H and O–H groups in total. The van der Waals surface area contributed by atoms with Crippen LogP contribution in [0.3, 0.4) is 0 Å². The number of rotatable bonds is 6. The number of hydrogen-bond donors (Lipinski definition) is 2. The van der Waals surface area contributed by atoms with Crippen LogP contribution in [0.5, 0.6) is 0 Å². The lowest BCUT2D eigenvalue weighted by Crippen LogP contribution is -2.48. The topological polar surface area (TPSA) is 70.4 Å². The van der Waals surface area contributed by atoms with Gasteiger partial charge in [0.05, 0.1) is 0 Å². The number of aryl methyl sites for hydroxylation is 1. The minimum absolute atomic E-state index is 0.494. The Balaban J connectivity index is 1.48. The third-order valence-electron chi connectivity index (χ3n) is 5.03. The second kappa shape index (κ2) is 9.50. The molecule has 7 nitrogen and oxygen atoms in total. The van der Waals surface area contributed by atoms with Crippen LogP contribution in [-0.2, 0) is 6.54 Å². The lowest BCUT2D eigenvalue weighted by Gasteiger charge is -2.32. The van der Waals surface area contributed by atoms with Crippen LogP contribution in [-0.4, -0.2) is 58.1 Å². The third-order valence-corrected chi connectivity index (χ3v) is 5.03. The number of piperidine rings is 1. The molecule has 1 aliphatic rings. The fourth-order valence-corrected chi connectivity index (χ4v) is 3.47. The van der Waals surface area contributed by atoms with Crippen molar-refractivity contribution < 1.29 is 0 Å². The maximum absolute atomic E-state index is 4.54. The van der Waals surface area contributed by atoms with Gasteiger partial charge in [0.1, 0.15) is 11.6 Å². The molecule has 1 fully saturated rings. The SMILES string of the molecule is CCCN1CCC(NC(=NC)NCc2ccc(-n3ccnc3C)nc2)CC1. The van der Waals surface area contributed by atoms with E-state index in [4.69, 9.17) is 0 Å². The Morgan fingerprint density at radius 1 is 1.26 bits per heavy atom. The summed E-state index contributed by atoms with van der Waals surface area (Å²) in [6.07, 6.45) is 9.18. The zero-order valence-electron chi connectivity index (χ0n) is 16.6. The Bertz CT molecular complexity index is 727. The number of nitrogens with one attached hydrogen (secondary N) is 2. The molecule has 0 aromatic carbocycles. The summed E-state index contributed by atoms with van der Waals surface area (Å²) in [5.41, 5.74) is 1.12. The van der Waals surface area contributed by atoms with Crippen molar-refractivity contribution in [2.45, 2.75) is 45.7 Å². The lowest BCUT2D eigenvalue weighted by molar-refractivity contribution is 0.206. The highest BCUT2D eigenvalue weighted by Crippen LogP contribution is 2.11. The van der Waals surface area contributed by atoms with E-state index in [2.05, 4.69) is 43.5 Å². The molecule has 3 heterocycles. The molecule has 1 aliphatic heterocycles. The second-order valence-electron chi connectivity index (χ2n) is 7.06. The van der Waals surface area contributed by atoms with Crippen molar-refractivity contribution in [1.82, 2.24) is 30.1 Å². The zero-order valence-corrected chi connectivity index (χ0v) is 16.6. The second-order valence-corrected chi connectivity index (χ2v) is 7.06. The molecule has 2 aromatic heterocycles. The number of nitrogens with zero attached hydrogens (tertiary/aromatic N) is 5. The average molecular weight is 370 g/mol. The van der Waals surface area contributed by atoms with E-state index in [1.807, 2.05) is 37.0 Å². The van der Waals surface area contributed by atoms with E-state index in [1.54, 1.807) is 6.20 Å². The Hall–Kier alpha value is -2.41. The van der Waals surface area contributed by atoms with E-state index in [9.17, 15) is 0 Å². The van der Waals surface area contributed by atoms with E-state index in [0.29, 0.717) is 12.6 Å². The summed E-state index contributed by atoms with van der Waals surface area (Å²) in [6, 6.07) is 4.60. The molecule has 0 saturated carbocycles. The van der Waals surface area contributed by atoms with E-state index >= 15 is 0 Å². The van der Waals surface area contributed by atoms with Crippen LogP contribution < -0.4 is 10.6 Å². The van der Waals surface area contributed by atoms with Gasteiger partial charge in [0, 0.05) is 51.3 Å². The van der Waals surface area contributed by atoms with Gasteiger partial charge >= 0.3 is 0 Å². The fraction of sp³-hybridized carbons (Fsp3) is 0.550. The van der Waals surface area contributed by atoms with Gasteiger partial charge in [-0.25, -0.2) is 9.97 Å². The highest BCUT2D eigenvalue weighted by atomic mass is 15.2. The van der Waals surface area contributed by atoms with E-state index in [0.717, 1.165) is 23.2 Å². The first-order valence-corrected chi connectivity index (χ1v) is 9.84. The summed E-state index contributed by atoms with van der Waals surface area (Å²) >= 11 is 0. The number of pyridine rings is 1. The maximum atomic E-state index is 4.54. The van der Waals surface area contributed by atoms with Gasteiger partial charge in [0.15, 0.2) is 5.96 Å². The molecule has 2 aromatic rings. The van der Waals surface area contributed by atoms with Gasteiger partial charge in [-0.2, -0.15) is 0 Å². The van der Waals surface area contributed by atoms with Crippen molar-refractivity contribution in [2.75, 3.05) is 26.7 Å². The third kappa shape index (κ3) is 5.29. The Kier molecular flexibility index (Phi) is 6.81. The molecule has 0 amide bonds. The zero-order chi connectivity index (χ0) is 19.1. The van der Waals surface area contributed by atoms with Crippen molar-refractivity contribution in [3.63, 3.8) is 0 Å². The summed E-state index contributed by atoms with van der Waals surface area (Å²) in [6.45, 7) is 8.46. The standard InChI is InChI=1S/C20H31N7/c1-4-10-26-11-7-18(8-12-26)25-20(21-3)24-15-17-5-6-19(23-14-17)27-13-9-22-16(27)2/h5-6,9,13-14,18H,4,7-8,10-12,15H2,1-3H3,(H2,21,24,25). The minimum atomic E-state index is 0.494. The minimum Gasteiger partial charge on any atom is -0.354 e. The molecule has 3 rings (SSSR count). The molecule has 146 valence electrons. The number of likely N-dealkylation sites (tertiary alicyclic amines) is 1. The van der Waals surface area contributed by atoms with Crippen LogP contribution >= 0.6 is 0 Å². The van der Waals surface area contributed by atoms with Crippen molar-refractivity contribution in [2.24, 2.45) is 4.99 Å². The number of aliphatic imine (C=N–C) groups is 1. The molecule has 0 unspecified atom stereocenters. The van der Waals surface area contributed by atoms with Crippen molar-refractivity contribution in [1.29, 1.82) is 0 Å². The van der Waals surface area contributed by atoms with Gasteiger partial charge in [-0.05, 0) is 44.4 Å². The van der Waals surface area contributed by atoms with E-state index in [1.165, 1.54) is 38.9 Å². The molecule has 1 saturated heterocycles. The van der Waals surface area contributed by atoms with Gasteiger partial charge in [0.25, 0.3) is 0 Å². The molecule has 27 heavy (non-hydrogen) atoms. The van der Waals surface area contributed by atoms with Crippen LogP contribution in [0.1, 0.15) is 37.6 Å². The molecule has 0 radical (unpaired) electrons. The van der Waals surface area contributed by atoms with Gasteiger partial charge in [-0.1, -0.05) is 13.0 Å². The van der Waals surface area contributed by atoms with Gasteiger partial charge in [0.2, 0.25) is 0 Å². The van der Waals surface area contributed by atoms with Crippen molar-refractivity contribution >= 4 is 5.96 Å². The summed E-state index contributed by atoms with van der Waals surface area (Å²) in [4.78, 5) is 15.7. The molecule has 0 bridgehead atoms. The Morgan fingerprint density at radius 3 is 2.67 bits per heavy atom. The number of imidazole rings is 1. The summed E-state index contributed by atoms with van der Waals surface area (Å²) < 4.78 is 1.97. The molecule has 0 aliphatic carbocycles. The Labute approximate surface area is 161 Å². The first-order chi connectivity index (χ1) is 13.2. The van der Waals surface area contributed by atoms with Crippen molar-refractivity contribution in [3.05, 3.63) is 42.1 Å². The monoisotopic (exact) mass is 369 g/mol. The number of aromatic nitrogens is 3. The molecule has 0 atom stereocenters. The van der Waals surface area contributed by atoms with Gasteiger partial charge in [-0.15, -0.1) is 0 Å². The average Bonchev–Trinajstić information content (AvgIpc) is 3.13. The number of guanidine groups is 1. The van der Waals surface area contributed by atoms with Gasteiger partial charge < -0.3 is 15.5 Å².